The molecule has 0 N–H and O–H groups in total. The van der Waals surface area contributed by atoms with Crippen molar-refractivity contribution in [2.75, 3.05) is 31.6 Å². The van der Waals surface area contributed by atoms with Crippen LogP contribution in [0.3, 0.4) is 0 Å². The topological polar surface area (TPSA) is 56.2 Å². The van der Waals surface area contributed by atoms with Gasteiger partial charge in [0.15, 0.2) is 0 Å². The summed E-state index contributed by atoms with van der Waals surface area (Å²) in [7, 11) is 1.88. The van der Waals surface area contributed by atoms with Crippen LogP contribution in [-0.2, 0) is 4.79 Å². The smallest absolute Gasteiger partial charge is 0.330 e. The average molecular weight is 340 g/mol. The van der Waals surface area contributed by atoms with Crippen molar-refractivity contribution in [3.8, 4) is 0 Å². The lowest BCUT2D eigenvalue weighted by molar-refractivity contribution is -0.131. The van der Waals surface area contributed by atoms with Gasteiger partial charge in [-0.2, -0.15) is 0 Å². The van der Waals surface area contributed by atoms with Crippen LogP contribution in [0.25, 0.3) is 0 Å². The molecular weight excluding hydrogens is 316 g/mol. The van der Waals surface area contributed by atoms with Crippen LogP contribution < -0.4 is 4.90 Å². The number of aliphatic imine (C=N–C) groups is 1. The number of fused-ring (bicyclic) bond motifs is 3. The lowest BCUT2D eigenvalue weighted by Gasteiger charge is -2.37. The average Bonchev–Trinajstić information content (AvgIpc) is 3.15. The molecule has 6 nitrogen and oxygen atoms in total. The van der Waals surface area contributed by atoms with E-state index in [0.29, 0.717) is 19.1 Å². The second-order valence-corrected chi connectivity index (χ2v) is 7.04. The minimum atomic E-state index is -0.139. The van der Waals surface area contributed by atoms with Crippen LogP contribution in [0.2, 0.25) is 0 Å². The number of para-hydroxylation sites is 1. The van der Waals surface area contributed by atoms with Crippen molar-refractivity contribution in [3.63, 3.8) is 0 Å². The van der Waals surface area contributed by atoms with E-state index in [9.17, 15) is 9.59 Å². The molecule has 0 atom stereocenters. The number of benzene rings is 1. The number of nitrogens with zero attached hydrogens (tertiary/aromatic N) is 4. The largest absolute Gasteiger partial charge is 0.341 e. The predicted molar refractivity (Wildman–Crippen MR) is 96.9 cm³/mol. The monoisotopic (exact) mass is 340 g/mol. The van der Waals surface area contributed by atoms with Gasteiger partial charge in [0.25, 0.3) is 0 Å². The number of amides is 3. The second-order valence-electron chi connectivity index (χ2n) is 7.04. The third-order valence-corrected chi connectivity index (χ3v) is 5.55. The van der Waals surface area contributed by atoms with Gasteiger partial charge in [-0.1, -0.05) is 31.4 Å². The van der Waals surface area contributed by atoms with Crippen LogP contribution in [-0.4, -0.2) is 60.3 Å². The summed E-state index contributed by atoms with van der Waals surface area (Å²) in [6.07, 6.45) is 5.75. The van der Waals surface area contributed by atoms with Gasteiger partial charge in [-0.15, -0.1) is 0 Å². The maximum Gasteiger partial charge on any atom is 0.330 e. The normalized spacial score (nSPS) is 20.2. The zero-order chi connectivity index (χ0) is 17.4. The number of hydrogen-bond acceptors (Lipinski definition) is 3. The minimum Gasteiger partial charge on any atom is -0.341 e. The molecule has 25 heavy (non-hydrogen) atoms. The molecule has 0 radical (unpaired) electrons. The molecule has 6 heteroatoms. The van der Waals surface area contributed by atoms with E-state index in [0.717, 1.165) is 29.9 Å². The van der Waals surface area contributed by atoms with Gasteiger partial charge in [0, 0.05) is 25.2 Å². The highest BCUT2D eigenvalue weighted by Crippen LogP contribution is 2.31. The highest BCUT2D eigenvalue weighted by atomic mass is 16.2. The van der Waals surface area contributed by atoms with Crippen molar-refractivity contribution in [2.24, 2.45) is 4.99 Å². The number of amidine groups is 1. The van der Waals surface area contributed by atoms with Gasteiger partial charge in [-0.05, 0) is 25.0 Å². The molecule has 1 aromatic rings. The van der Waals surface area contributed by atoms with Crippen LogP contribution >= 0.6 is 0 Å². The van der Waals surface area contributed by atoms with Crippen LogP contribution in [0.1, 0.15) is 37.7 Å². The van der Waals surface area contributed by atoms with Crippen molar-refractivity contribution in [3.05, 3.63) is 29.8 Å². The van der Waals surface area contributed by atoms with E-state index in [-0.39, 0.29) is 18.5 Å². The molecule has 1 fully saturated rings. The fourth-order valence-electron chi connectivity index (χ4n) is 4.08. The molecule has 0 aromatic heterocycles. The van der Waals surface area contributed by atoms with E-state index in [1.165, 1.54) is 19.3 Å². The number of rotatable bonds is 3. The number of hydrogen-bond donors (Lipinski definition) is 0. The van der Waals surface area contributed by atoms with Crippen molar-refractivity contribution < 1.29 is 9.59 Å². The quantitative estimate of drug-likeness (QED) is 0.849. The molecule has 2 aliphatic heterocycles. The molecule has 0 unspecified atom stereocenters. The summed E-state index contributed by atoms with van der Waals surface area (Å²) in [6, 6.07) is 7.89. The van der Waals surface area contributed by atoms with E-state index >= 15 is 0 Å². The maximum absolute atomic E-state index is 12.9. The Balaban J connectivity index is 1.57. The van der Waals surface area contributed by atoms with E-state index in [1.54, 1.807) is 9.80 Å². The third-order valence-electron chi connectivity index (χ3n) is 5.55. The molecule has 1 aliphatic carbocycles. The zero-order valence-corrected chi connectivity index (χ0v) is 14.6. The SMILES string of the molecule is CN(C(=O)CN1C(=O)N2CCN=C2c2ccccc21)C1CCCCC1. The Labute approximate surface area is 148 Å². The molecule has 1 saturated carbocycles. The highest BCUT2D eigenvalue weighted by molar-refractivity contribution is 6.20. The Bertz CT molecular complexity index is 724. The van der Waals surface area contributed by atoms with Crippen molar-refractivity contribution in [1.29, 1.82) is 0 Å². The standard InChI is InChI=1S/C19H24N4O2/c1-21(14-7-3-2-4-8-14)17(24)13-23-16-10-6-5-9-15(16)18-20-11-12-22(18)19(23)25/h5-6,9-10,14H,2-4,7-8,11-13H2,1H3. The van der Waals surface area contributed by atoms with Gasteiger partial charge in [-0.25, -0.2) is 4.79 Å². The van der Waals surface area contributed by atoms with Gasteiger partial charge in [-0.3, -0.25) is 19.6 Å². The van der Waals surface area contributed by atoms with Crippen LogP contribution in [0.5, 0.6) is 0 Å². The van der Waals surface area contributed by atoms with Crippen molar-refractivity contribution in [1.82, 2.24) is 9.80 Å². The number of carbonyl (C=O) groups excluding carboxylic acids is 2. The van der Waals surface area contributed by atoms with Crippen molar-refractivity contribution >= 4 is 23.5 Å². The lowest BCUT2D eigenvalue weighted by Crippen LogP contribution is -2.53. The fourth-order valence-corrected chi connectivity index (χ4v) is 4.08. The van der Waals surface area contributed by atoms with Crippen LogP contribution in [0.15, 0.2) is 29.3 Å². The number of likely N-dealkylation sites (N-methyl/N-ethyl adjacent to an activating group) is 1. The Hall–Kier alpha value is -2.37. The summed E-state index contributed by atoms with van der Waals surface area (Å²) in [5, 5.41) is 0. The molecule has 0 spiro atoms. The summed E-state index contributed by atoms with van der Waals surface area (Å²) in [6.45, 7) is 1.30. The first-order chi connectivity index (χ1) is 12.2. The first-order valence-corrected chi connectivity index (χ1v) is 9.15. The number of anilines is 1. The maximum atomic E-state index is 12.9. The minimum absolute atomic E-state index is 0.00892. The van der Waals surface area contributed by atoms with Crippen molar-refractivity contribution in [2.45, 2.75) is 38.1 Å². The molecule has 0 bridgehead atoms. The highest BCUT2D eigenvalue weighted by Gasteiger charge is 2.38. The summed E-state index contributed by atoms with van der Waals surface area (Å²) in [4.78, 5) is 35.4. The third kappa shape index (κ3) is 2.79. The van der Waals surface area contributed by atoms with Crippen LogP contribution in [0.4, 0.5) is 10.5 Å². The molecule has 0 saturated heterocycles. The van der Waals surface area contributed by atoms with E-state index in [4.69, 9.17) is 0 Å². The van der Waals surface area contributed by atoms with Gasteiger partial charge >= 0.3 is 6.03 Å². The summed E-state index contributed by atoms with van der Waals surface area (Å²) < 4.78 is 0. The Morgan fingerprint density at radius 3 is 2.80 bits per heavy atom. The molecule has 2 heterocycles. The first-order valence-electron chi connectivity index (χ1n) is 9.15. The molecule has 132 valence electrons. The van der Waals surface area contributed by atoms with Gasteiger partial charge in [0.05, 0.1) is 12.2 Å². The summed E-state index contributed by atoms with van der Waals surface area (Å²) >= 11 is 0. The Morgan fingerprint density at radius 2 is 2.00 bits per heavy atom. The molecule has 1 aromatic carbocycles. The summed E-state index contributed by atoms with van der Waals surface area (Å²) in [5.41, 5.74) is 1.72. The first kappa shape index (κ1) is 16.1. The van der Waals surface area contributed by atoms with Gasteiger partial charge in [0.2, 0.25) is 5.91 Å². The Morgan fingerprint density at radius 1 is 1.24 bits per heavy atom. The van der Waals surface area contributed by atoms with Gasteiger partial charge in [0.1, 0.15) is 12.4 Å². The number of carbonyl (C=O) groups is 2. The molecule has 4 rings (SSSR count). The Kier molecular flexibility index (Phi) is 4.19. The second kappa shape index (κ2) is 6.50. The van der Waals surface area contributed by atoms with E-state index < -0.39 is 0 Å². The van der Waals surface area contributed by atoms with E-state index in [2.05, 4.69) is 4.99 Å². The molecular formula is C19H24N4O2. The van der Waals surface area contributed by atoms with E-state index in [1.807, 2.05) is 36.2 Å². The van der Waals surface area contributed by atoms with Gasteiger partial charge < -0.3 is 4.90 Å². The van der Waals surface area contributed by atoms with Crippen LogP contribution in [0, 0.1) is 0 Å². The molecule has 3 amide bonds. The fraction of sp³-hybridized carbons (Fsp3) is 0.526. The zero-order valence-electron chi connectivity index (χ0n) is 14.6. The lowest BCUT2D eigenvalue weighted by atomic mass is 9.94. The molecule has 3 aliphatic rings. The summed E-state index contributed by atoms with van der Waals surface area (Å²) in [5.74, 6) is 0.750. The predicted octanol–water partition coefficient (Wildman–Crippen LogP) is 2.48. The number of urea groups is 1.